The molecule has 0 amide bonds. The molecular weight excluding hydrogens is 230 g/mol. The third kappa shape index (κ3) is 6.24. The predicted molar refractivity (Wildman–Crippen MR) is 85.7 cm³/mol. The Kier molecular flexibility index (Phi) is 7.15. The second-order valence-electron chi connectivity index (χ2n) is 6.32. The number of benzene rings is 1. The van der Waals surface area contributed by atoms with Crippen molar-refractivity contribution in [1.29, 1.82) is 0 Å². The van der Waals surface area contributed by atoms with Crippen LogP contribution in [0.1, 0.15) is 50.3 Å². The fourth-order valence-electron chi connectivity index (χ4n) is 2.65. The molecule has 1 aromatic rings. The van der Waals surface area contributed by atoms with Crippen molar-refractivity contribution in [2.75, 3.05) is 13.1 Å². The Morgan fingerprint density at radius 1 is 1.11 bits per heavy atom. The van der Waals surface area contributed by atoms with E-state index < -0.39 is 0 Å². The van der Waals surface area contributed by atoms with E-state index in [0.717, 1.165) is 24.9 Å². The lowest BCUT2D eigenvalue weighted by molar-refractivity contribution is 0.385. The van der Waals surface area contributed by atoms with Crippen molar-refractivity contribution < 1.29 is 0 Å². The van der Waals surface area contributed by atoms with Crippen molar-refractivity contribution in [2.24, 2.45) is 11.8 Å². The van der Waals surface area contributed by atoms with Gasteiger partial charge in [0.2, 0.25) is 0 Å². The minimum absolute atomic E-state index is 0.758. The fraction of sp³-hybridized carbons (Fsp3) is 0.667. The van der Waals surface area contributed by atoms with Gasteiger partial charge in [0.15, 0.2) is 0 Å². The van der Waals surface area contributed by atoms with Gasteiger partial charge in [-0.1, -0.05) is 39.0 Å². The Morgan fingerprint density at radius 2 is 1.84 bits per heavy atom. The quantitative estimate of drug-likeness (QED) is 0.679. The van der Waals surface area contributed by atoms with Crippen LogP contribution in [0.5, 0.6) is 0 Å². The summed E-state index contributed by atoms with van der Waals surface area (Å²) in [6, 6.07) is 6.93. The summed E-state index contributed by atoms with van der Waals surface area (Å²) in [6.45, 7) is 13.6. The third-order valence-corrected chi connectivity index (χ3v) is 3.76. The van der Waals surface area contributed by atoms with E-state index in [1.807, 2.05) is 0 Å². The Hall–Kier alpha value is -0.820. The highest BCUT2D eigenvalue weighted by atomic mass is 14.8. The molecule has 1 N–H and O–H groups in total. The van der Waals surface area contributed by atoms with Gasteiger partial charge in [-0.25, -0.2) is 0 Å². The summed E-state index contributed by atoms with van der Waals surface area (Å²) in [5, 5.41) is 3.59. The lowest BCUT2D eigenvalue weighted by Gasteiger charge is -2.20. The highest BCUT2D eigenvalue weighted by Gasteiger charge is 2.12. The maximum atomic E-state index is 3.59. The molecule has 0 aliphatic carbocycles. The van der Waals surface area contributed by atoms with E-state index in [4.69, 9.17) is 0 Å². The number of aryl methyl sites for hydroxylation is 2. The van der Waals surface area contributed by atoms with Crippen LogP contribution in [-0.4, -0.2) is 13.1 Å². The van der Waals surface area contributed by atoms with E-state index in [9.17, 15) is 0 Å². The molecule has 0 bridgehead atoms. The predicted octanol–water partition coefficient (Wildman–Crippen LogP) is 4.51. The summed E-state index contributed by atoms with van der Waals surface area (Å²) in [6.07, 6.45) is 3.73. The van der Waals surface area contributed by atoms with Crippen LogP contribution in [-0.2, 0) is 6.42 Å². The fourth-order valence-corrected chi connectivity index (χ4v) is 2.65. The Balaban J connectivity index is 2.61. The maximum Gasteiger partial charge on any atom is -0.00172 e. The van der Waals surface area contributed by atoms with Crippen molar-refractivity contribution in [3.05, 3.63) is 34.9 Å². The second-order valence-corrected chi connectivity index (χ2v) is 6.32. The molecule has 0 spiro atoms. The standard InChI is InChI=1S/C18H31N/c1-6-9-19-13-18(10-14(2)3)12-17-8-7-15(4)16(5)11-17/h7-8,11,14,18-19H,6,9-10,12-13H2,1-5H3. The van der Waals surface area contributed by atoms with Crippen LogP contribution in [0.2, 0.25) is 0 Å². The van der Waals surface area contributed by atoms with E-state index in [1.54, 1.807) is 0 Å². The van der Waals surface area contributed by atoms with Crippen LogP contribution in [0.15, 0.2) is 18.2 Å². The maximum absolute atomic E-state index is 3.59. The highest BCUT2D eigenvalue weighted by Crippen LogP contribution is 2.19. The SMILES string of the molecule is CCCNCC(Cc1ccc(C)c(C)c1)CC(C)C. The Labute approximate surface area is 119 Å². The molecule has 0 fully saturated rings. The average molecular weight is 261 g/mol. The summed E-state index contributed by atoms with van der Waals surface area (Å²) in [5.74, 6) is 1.54. The molecule has 1 nitrogen and oxygen atoms in total. The average Bonchev–Trinajstić information content (AvgIpc) is 2.33. The third-order valence-electron chi connectivity index (χ3n) is 3.76. The molecule has 0 aliphatic heterocycles. The first-order valence-electron chi connectivity index (χ1n) is 7.79. The van der Waals surface area contributed by atoms with Crippen molar-refractivity contribution in [1.82, 2.24) is 5.32 Å². The molecule has 0 heterocycles. The Bertz CT molecular complexity index is 368. The van der Waals surface area contributed by atoms with Crippen LogP contribution >= 0.6 is 0 Å². The van der Waals surface area contributed by atoms with E-state index in [-0.39, 0.29) is 0 Å². The first kappa shape index (κ1) is 16.2. The molecule has 1 atom stereocenters. The summed E-state index contributed by atoms with van der Waals surface area (Å²) in [7, 11) is 0. The van der Waals surface area contributed by atoms with Gasteiger partial charge in [-0.05, 0) is 74.7 Å². The van der Waals surface area contributed by atoms with Crippen LogP contribution in [0.4, 0.5) is 0 Å². The van der Waals surface area contributed by atoms with Gasteiger partial charge in [-0.2, -0.15) is 0 Å². The summed E-state index contributed by atoms with van der Waals surface area (Å²) >= 11 is 0. The van der Waals surface area contributed by atoms with Crippen molar-refractivity contribution >= 4 is 0 Å². The summed E-state index contributed by atoms with van der Waals surface area (Å²) in [5.41, 5.74) is 4.31. The smallest absolute Gasteiger partial charge is 0.00172 e. The molecule has 1 aromatic carbocycles. The van der Waals surface area contributed by atoms with Gasteiger partial charge in [0.05, 0.1) is 0 Å². The lowest BCUT2D eigenvalue weighted by atomic mass is 9.90. The molecule has 1 heteroatoms. The largest absolute Gasteiger partial charge is 0.316 e. The van der Waals surface area contributed by atoms with Gasteiger partial charge < -0.3 is 5.32 Å². The highest BCUT2D eigenvalue weighted by molar-refractivity contribution is 5.30. The molecule has 0 saturated heterocycles. The zero-order valence-corrected chi connectivity index (χ0v) is 13.4. The first-order valence-corrected chi connectivity index (χ1v) is 7.79. The van der Waals surface area contributed by atoms with Crippen LogP contribution in [0.25, 0.3) is 0 Å². The molecule has 0 aromatic heterocycles. The van der Waals surface area contributed by atoms with Crippen LogP contribution < -0.4 is 5.32 Å². The summed E-state index contributed by atoms with van der Waals surface area (Å²) < 4.78 is 0. The van der Waals surface area contributed by atoms with E-state index >= 15 is 0 Å². The van der Waals surface area contributed by atoms with E-state index in [1.165, 1.54) is 36.0 Å². The first-order chi connectivity index (χ1) is 9.02. The number of nitrogens with one attached hydrogen (secondary N) is 1. The molecule has 0 saturated carbocycles. The van der Waals surface area contributed by atoms with Gasteiger partial charge in [-0.3, -0.25) is 0 Å². The van der Waals surface area contributed by atoms with Gasteiger partial charge in [0, 0.05) is 0 Å². The molecule has 19 heavy (non-hydrogen) atoms. The van der Waals surface area contributed by atoms with Crippen molar-refractivity contribution in [3.63, 3.8) is 0 Å². The zero-order valence-electron chi connectivity index (χ0n) is 13.4. The van der Waals surface area contributed by atoms with Crippen molar-refractivity contribution in [3.8, 4) is 0 Å². The number of hydrogen-bond donors (Lipinski definition) is 1. The van der Waals surface area contributed by atoms with Gasteiger partial charge in [0.25, 0.3) is 0 Å². The van der Waals surface area contributed by atoms with Crippen LogP contribution in [0, 0.1) is 25.7 Å². The Morgan fingerprint density at radius 3 is 2.42 bits per heavy atom. The van der Waals surface area contributed by atoms with Gasteiger partial charge in [0.1, 0.15) is 0 Å². The monoisotopic (exact) mass is 261 g/mol. The molecular formula is C18H31N. The normalized spacial score (nSPS) is 12.9. The zero-order chi connectivity index (χ0) is 14.3. The molecule has 0 aliphatic rings. The minimum Gasteiger partial charge on any atom is -0.316 e. The van der Waals surface area contributed by atoms with E-state index in [2.05, 4.69) is 58.1 Å². The minimum atomic E-state index is 0.758. The molecule has 0 radical (unpaired) electrons. The van der Waals surface area contributed by atoms with Gasteiger partial charge in [-0.15, -0.1) is 0 Å². The second kappa shape index (κ2) is 8.37. The summed E-state index contributed by atoms with van der Waals surface area (Å²) in [4.78, 5) is 0. The topological polar surface area (TPSA) is 12.0 Å². The lowest BCUT2D eigenvalue weighted by Crippen LogP contribution is -2.26. The van der Waals surface area contributed by atoms with Crippen molar-refractivity contribution in [2.45, 2.75) is 53.9 Å². The van der Waals surface area contributed by atoms with Crippen LogP contribution in [0.3, 0.4) is 0 Å². The molecule has 108 valence electrons. The number of rotatable bonds is 8. The van der Waals surface area contributed by atoms with E-state index in [0.29, 0.717) is 0 Å². The number of hydrogen-bond acceptors (Lipinski definition) is 1. The molecule has 1 unspecified atom stereocenters. The van der Waals surface area contributed by atoms with Gasteiger partial charge >= 0.3 is 0 Å². The molecule has 1 rings (SSSR count).